The van der Waals surface area contributed by atoms with E-state index in [2.05, 4.69) is 11.9 Å². The van der Waals surface area contributed by atoms with Crippen molar-refractivity contribution in [3.63, 3.8) is 0 Å². The smallest absolute Gasteiger partial charge is 0.234 e. The number of rotatable bonds is 8. The van der Waals surface area contributed by atoms with Crippen LogP contribution in [0.1, 0.15) is 27.2 Å². The Morgan fingerprint density at radius 2 is 2.19 bits per heavy atom. The highest BCUT2D eigenvalue weighted by molar-refractivity contribution is 5.78. The van der Waals surface area contributed by atoms with Gasteiger partial charge < -0.3 is 10.4 Å². The summed E-state index contributed by atoms with van der Waals surface area (Å²) in [7, 11) is 0. The van der Waals surface area contributed by atoms with Gasteiger partial charge in [-0.3, -0.25) is 9.69 Å². The zero-order valence-electron chi connectivity index (χ0n) is 10.6. The summed E-state index contributed by atoms with van der Waals surface area (Å²) in [5.74, 6) is -0.0119. The van der Waals surface area contributed by atoms with E-state index in [1.807, 2.05) is 25.7 Å². The molecule has 0 aromatic rings. The Morgan fingerprint density at radius 1 is 1.56 bits per heavy atom. The standard InChI is InChI=1S/C12H24N2O2/c1-5-7-14(8-9-15)10-11(16)13-12(3,4)6-2/h5,15H,1,6-10H2,2-4H3,(H,13,16). The lowest BCUT2D eigenvalue weighted by Crippen LogP contribution is -2.47. The van der Waals surface area contributed by atoms with Crippen molar-refractivity contribution in [1.82, 2.24) is 10.2 Å². The predicted octanol–water partition coefficient (Wildman–Crippen LogP) is 0.771. The maximum absolute atomic E-state index is 11.7. The summed E-state index contributed by atoms with van der Waals surface area (Å²) < 4.78 is 0. The van der Waals surface area contributed by atoms with Crippen LogP contribution in [0.3, 0.4) is 0 Å². The molecule has 0 bridgehead atoms. The van der Waals surface area contributed by atoms with E-state index in [0.717, 1.165) is 6.42 Å². The molecule has 94 valence electrons. The summed E-state index contributed by atoms with van der Waals surface area (Å²) in [6, 6.07) is 0. The Morgan fingerprint density at radius 3 is 2.62 bits per heavy atom. The first-order valence-corrected chi connectivity index (χ1v) is 5.70. The number of aliphatic hydroxyl groups is 1. The van der Waals surface area contributed by atoms with Crippen molar-refractivity contribution in [2.24, 2.45) is 0 Å². The van der Waals surface area contributed by atoms with E-state index in [1.54, 1.807) is 6.08 Å². The molecule has 0 aliphatic carbocycles. The van der Waals surface area contributed by atoms with Crippen molar-refractivity contribution in [2.75, 3.05) is 26.2 Å². The fraction of sp³-hybridized carbons (Fsp3) is 0.750. The largest absolute Gasteiger partial charge is 0.395 e. The van der Waals surface area contributed by atoms with E-state index in [0.29, 0.717) is 19.6 Å². The van der Waals surface area contributed by atoms with E-state index < -0.39 is 0 Å². The van der Waals surface area contributed by atoms with Crippen molar-refractivity contribution in [3.8, 4) is 0 Å². The maximum atomic E-state index is 11.7. The first-order valence-electron chi connectivity index (χ1n) is 5.70. The van der Waals surface area contributed by atoms with Gasteiger partial charge in [0.2, 0.25) is 5.91 Å². The van der Waals surface area contributed by atoms with Gasteiger partial charge >= 0.3 is 0 Å². The van der Waals surface area contributed by atoms with Crippen LogP contribution >= 0.6 is 0 Å². The summed E-state index contributed by atoms with van der Waals surface area (Å²) in [4.78, 5) is 13.6. The van der Waals surface area contributed by atoms with Crippen molar-refractivity contribution < 1.29 is 9.90 Å². The van der Waals surface area contributed by atoms with Crippen LogP contribution in [0.2, 0.25) is 0 Å². The number of nitrogens with one attached hydrogen (secondary N) is 1. The molecule has 0 spiro atoms. The molecule has 0 fully saturated rings. The molecule has 0 saturated carbocycles. The summed E-state index contributed by atoms with van der Waals surface area (Å²) in [5, 5.41) is 11.8. The fourth-order valence-corrected chi connectivity index (χ4v) is 1.27. The van der Waals surface area contributed by atoms with Crippen LogP contribution in [0.25, 0.3) is 0 Å². The second-order valence-corrected chi connectivity index (χ2v) is 4.53. The molecule has 0 radical (unpaired) electrons. The number of amides is 1. The third-order valence-electron chi connectivity index (χ3n) is 2.53. The van der Waals surface area contributed by atoms with Gasteiger partial charge in [0.15, 0.2) is 0 Å². The number of carbonyl (C=O) groups is 1. The molecule has 4 heteroatoms. The summed E-state index contributed by atoms with van der Waals surface area (Å²) in [6.07, 6.45) is 2.62. The Kier molecular flexibility index (Phi) is 7.01. The highest BCUT2D eigenvalue weighted by Crippen LogP contribution is 2.06. The molecule has 0 unspecified atom stereocenters. The monoisotopic (exact) mass is 228 g/mol. The van der Waals surface area contributed by atoms with Gasteiger partial charge in [-0.1, -0.05) is 13.0 Å². The molecule has 1 amide bonds. The quantitative estimate of drug-likeness (QED) is 0.603. The molecule has 0 aromatic heterocycles. The van der Waals surface area contributed by atoms with Gasteiger partial charge in [0.25, 0.3) is 0 Å². The van der Waals surface area contributed by atoms with Crippen LogP contribution < -0.4 is 5.32 Å². The van der Waals surface area contributed by atoms with E-state index in [1.165, 1.54) is 0 Å². The highest BCUT2D eigenvalue weighted by Gasteiger charge is 2.18. The lowest BCUT2D eigenvalue weighted by molar-refractivity contribution is -0.123. The van der Waals surface area contributed by atoms with Crippen LogP contribution in [0.5, 0.6) is 0 Å². The molecule has 16 heavy (non-hydrogen) atoms. The minimum Gasteiger partial charge on any atom is -0.395 e. The molecule has 4 nitrogen and oxygen atoms in total. The van der Waals surface area contributed by atoms with Gasteiger partial charge in [-0.2, -0.15) is 0 Å². The van der Waals surface area contributed by atoms with Crippen molar-refractivity contribution >= 4 is 5.91 Å². The molecule has 0 aliphatic heterocycles. The van der Waals surface area contributed by atoms with Crippen molar-refractivity contribution in [1.29, 1.82) is 0 Å². The normalized spacial score (nSPS) is 11.6. The zero-order chi connectivity index (χ0) is 12.6. The van der Waals surface area contributed by atoms with Crippen LogP contribution in [0, 0.1) is 0 Å². The van der Waals surface area contributed by atoms with Crippen molar-refractivity contribution in [2.45, 2.75) is 32.7 Å². The van der Waals surface area contributed by atoms with Crippen LogP contribution in [0.4, 0.5) is 0 Å². The maximum Gasteiger partial charge on any atom is 0.234 e. The molecular formula is C12H24N2O2. The summed E-state index contributed by atoms with van der Waals surface area (Å²) in [5.41, 5.74) is -0.170. The second kappa shape index (κ2) is 7.41. The molecule has 2 N–H and O–H groups in total. The van der Waals surface area contributed by atoms with Gasteiger partial charge in [-0.05, 0) is 20.3 Å². The summed E-state index contributed by atoms with van der Waals surface area (Å²) >= 11 is 0. The SMILES string of the molecule is C=CCN(CCO)CC(=O)NC(C)(C)CC. The first-order chi connectivity index (χ1) is 7.45. The number of hydrogen-bond donors (Lipinski definition) is 2. The number of nitrogens with zero attached hydrogens (tertiary/aromatic N) is 1. The Bertz CT molecular complexity index is 227. The average molecular weight is 228 g/mol. The highest BCUT2D eigenvalue weighted by atomic mass is 16.3. The van der Waals surface area contributed by atoms with Gasteiger partial charge in [0, 0.05) is 18.6 Å². The molecule has 0 rings (SSSR count). The second-order valence-electron chi connectivity index (χ2n) is 4.53. The Balaban J connectivity index is 4.13. The molecule has 0 saturated heterocycles. The topological polar surface area (TPSA) is 52.6 Å². The van der Waals surface area contributed by atoms with E-state index in [4.69, 9.17) is 5.11 Å². The molecule has 0 heterocycles. The van der Waals surface area contributed by atoms with Crippen LogP contribution in [0.15, 0.2) is 12.7 Å². The number of aliphatic hydroxyl groups excluding tert-OH is 1. The van der Waals surface area contributed by atoms with E-state index in [-0.39, 0.29) is 18.1 Å². The van der Waals surface area contributed by atoms with E-state index >= 15 is 0 Å². The van der Waals surface area contributed by atoms with E-state index in [9.17, 15) is 4.79 Å². The molecule has 0 atom stereocenters. The minimum absolute atomic E-state index is 0.0119. The lowest BCUT2D eigenvalue weighted by Gasteiger charge is -2.27. The molecular weight excluding hydrogens is 204 g/mol. The molecule has 0 aromatic carbocycles. The first kappa shape index (κ1) is 15.1. The molecule has 0 aliphatic rings. The predicted molar refractivity (Wildman–Crippen MR) is 66.2 cm³/mol. The summed E-state index contributed by atoms with van der Waals surface area (Å²) in [6.45, 7) is 11.1. The van der Waals surface area contributed by atoms with Gasteiger partial charge in [-0.15, -0.1) is 6.58 Å². The van der Waals surface area contributed by atoms with Crippen LogP contribution in [-0.2, 0) is 4.79 Å². The fourth-order valence-electron chi connectivity index (χ4n) is 1.27. The minimum atomic E-state index is -0.170. The van der Waals surface area contributed by atoms with Gasteiger partial charge in [0.1, 0.15) is 0 Å². The van der Waals surface area contributed by atoms with Crippen molar-refractivity contribution in [3.05, 3.63) is 12.7 Å². The zero-order valence-corrected chi connectivity index (χ0v) is 10.6. The average Bonchev–Trinajstić information content (AvgIpc) is 2.17. The Labute approximate surface area is 98.3 Å². The van der Waals surface area contributed by atoms with Crippen LogP contribution in [-0.4, -0.2) is 47.7 Å². The number of hydrogen-bond acceptors (Lipinski definition) is 3. The third kappa shape index (κ3) is 6.58. The van der Waals surface area contributed by atoms with Gasteiger partial charge in [0.05, 0.1) is 13.2 Å². The van der Waals surface area contributed by atoms with Gasteiger partial charge in [-0.25, -0.2) is 0 Å². The third-order valence-corrected chi connectivity index (χ3v) is 2.53. The number of carbonyl (C=O) groups excluding carboxylic acids is 1. The lowest BCUT2D eigenvalue weighted by atomic mass is 10.0. The Hall–Kier alpha value is -0.870.